The summed E-state index contributed by atoms with van der Waals surface area (Å²) in [6.07, 6.45) is 6.65. The molecule has 20 heavy (non-hydrogen) atoms. The minimum absolute atomic E-state index is 0.350. The van der Waals surface area contributed by atoms with Gasteiger partial charge >= 0.3 is 0 Å². The first-order valence-corrected chi connectivity index (χ1v) is 7.21. The van der Waals surface area contributed by atoms with Gasteiger partial charge in [-0.25, -0.2) is 0 Å². The van der Waals surface area contributed by atoms with Crippen molar-refractivity contribution < 1.29 is 9.53 Å². The SMILES string of the molecule is NC(=O)c1cc(NCCOC2CCCCC2)ccc1N. The van der Waals surface area contributed by atoms with Crippen molar-refractivity contribution in [3.05, 3.63) is 23.8 Å². The minimum Gasteiger partial charge on any atom is -0.398 e. The van der Waals surface area contributed by atoms with E-state index in [1.54, 1.807) is 12.1 Å². The molecule has 0 unspecified atom stereocenters. The summed E-state index contributed by atoms with van der Waals surface area (Å²) >= 11 is 0. The van der Waals surface area contributed by atoms with E-state index in [2.05, 4.69) is 5.32 Å². The molecule has 1 amide bonds. The zero-order valence-corrected chi connectivity index (χ0v) is 11.7. The summed E-state index contributed by atoms with van der Waals surface area (Å²) in [5, 5.41) is 3.22. The Kier molecular flexibility index (Phi) is 5.24. The van der Waals surface area contributed by atoms with Crippen molar-refractivity contribution in [2.75, 3.05) is 24.2 Å². The molecule has 5 heteroatoms. The molecule has 0 radical (unpaired) electrons. The van der Waals surface area contributed by atoms with Crippen LogP contribution in [0.3, 0.4) is 0 Å². The Morgan fingerprint density at radius 3 is 2.75 bits per heavy atom. The van der Waals surface area contributed by atoms with E-state index in [9.17, 15) is 4.79 Å². The number of hydrogen-bond acceptors (Lipinski definition) is 4. The maximum Gasteiger partial charge on any atom is 0.250 e. The first-order chi connectivity index (χ1) is 9.66. The van der Waals surface area contributed by atoms with E-state index in [1.165, 1.54) is 32.1 Å². The number of carbonyl (C=O) groups excluding carboxylic acids is 1. The van der Waals surface area contributed by atoms with Crippen molar-refractivity contribution in [2.24, 2.45) is 5.73 Å². The van der Waals surface area contributed by atoms with Crippen LogP contribution >= 0.6 is 0 Å². The van der Waals surface area contributed by atoms with Crippen LogP contribution in [0.1, 0.15) is 42.5 Å². The van der Waals surface area contributed by atoms with Crippen molar-refractivity contribution in [3.63, 3.8) is 0 Å². The maximum atomic E-state index is 11.2. The second kappa shape index (κ2) is 7.14. The summed E-state index contributed by atoms with van der Waals surface area (Å²) in [6, 6.07) is 5.20. The highest BCUT2D eigenvalue weighted by Crippen LogP contribution is 2.20. The topological polar surface area (TPSA) is 90.4 Å². The molecule has 0 heterocycles. The highest BCUT2D eigenvalue weighted by Gasteiger charge is 2.13. The third-order valence-electron chi connectivity index (χ3n) is 3.66. The quantitative estimate of drug-likeness (QED) is 0.549. The normalized spacial score (nSPS) is 16.0. The van der Waals surface area contributed by atoms with Gasteiger partial charge in [0.2, 0.25) is 0 Å². The number of hydrogen-bond donors (Lipinski definition) is 3. The fraction of sp³-hybridized carbons (Fsp3) is 0.533. The zero-order chi connectivity index (χ0) is 14.4. The van der Waals surface area contributed by atoms with Gasteiger partial charge in [-0.3, -0.25) is 4.79 Å². The second-order valence-electron chi connectivity index (χ2n) is 5.22. The van der Waals surface area contributed by atoms with Gasteiger partial charge in [0.05, 0.1) is 18.3 Å². The first kappa shape index (κ1) is 14.7. The predicted octanol–water partition coefficient (Wildman–Crippen LogP) is 2.13. The molecule has 5 nitrogen and oxygen atoms in total. The van der Waals surface area contributed by atoms with Crippen molar-refractivity contribution in [1.82, 2.24) is 0 Å². The van der Waals surface area contributed by atoms with E-state index in [-0.39, 0.29) is 0 Å². The molecule has 0 saturated heterocycles. The molecular weight excluding hydrogens is 254 g/mol. The molecule has 1 aliphatic rings. The molecule has 1 saturated carbocycles. The largest absolute Gasteiger partial charge is 0.398 e. The fourth-order valence-electron chi connectivity index (χ4n) is 2.53. The number of carbonyl (C=O) groups is 1. The van der Waals surface area contributed by atoms with Crippen LogP contribution in [-0.4, -0.2) is 25.2 Å². The van der Waals surface area contributed by atoms with Crippen molar-refractivity contribution in [1.29, 1.82) is 0 Å². The van der Waals surface area contributed by atoms with Crippen LogP contribution in [-0.2, 0) is 4.74 Å². The van der Waals surface area contributed by atoms with Gasteiger partial charge in [0.1, 0.15) is 0 Å². The van der Waals surface area contributed by atoms with Crippen LogP contribution < -0.4 is 16.8 Å². The molecule has 5 N–H and O–H groups in total. The molecule has 1 fully saturated rings. The highest BCUT2D eigenvalue weighted by molar-refractivity contribution is 5.98. The van der Waals surface area contributed by atoms with E-state index in [0.717, 1.165) is 5.69 Å². The van der Waals surface area contributed by atoms with E-state index in [4.69, 9.17) is 16.2 Å². The van der Waals surface area contributed by atoms with Gasteiger partial charge in [-0.2, -0.15) is 0 Å². The highest BCUT2D eigenvalue weighted by atomic mass is 16.5. The van der Waals surface area contributed by atoms with E-state index >= 15 is 0 Å². The summed E-state index contributed by atoms with van der Waals surface area (Å²) in [5.41, 5.74) is 12.5. The van der Waals surface area contributed by atoms with Gasteiger partial charge in [-0.05, 0) is 31.0 Å². The molecule has 1 aromatic rings. The van der Waals surface area contributed by atoms with Crippen LogP contribution in [0.5, 0.6) is 0 Å². The molecule has 0 bridgehead atoms. The summed E-state index contributed by atoms with van der Waals surface area (Å²) in [7, 11) is 0. The van der Waals surface area contributed by atoms with E-state index in [0.29, 0.717) is 30.5 Å². The summed E-state index contributed by atoms with van der Waals surface area (Å²) in [6.45, 7) is 1.37. The van der Waals surface area contributed by atoms with Crippen LogP contribution in [0.25, 0.3) is 0 Å². The predicted molar refractivity (Wildman–Crippen MR) is 80.7 cm³/mol. The van der Waals surface area contributed by atoms with Crippen LogP contribution in [0.4, 0.5) is 11.4 Å². The Labute approximate surface area is 119 Å². The van der Waals surface area contributed by atoms with Gasteiger partial charge < -0.3 is 21.5 Å². The molecule has 0 aliphatic heterocycles. The maximum absolute atomic E-state index is 11.2. The first-order valence-electron chi connectivity index (χ1n) is 7.21. The van der Waals surface area contributed by atoms with Gasteiger partial charge in [-0.1, -0.05) is 19.3 Å². The lowest BCUT2D eigenvalue weighted by Gasteiger charge is -2.22. The number of anilines is 2. The van der Waals surface area contributed by atoms with Crippen molar-refractivity contribution >= 4 is 17.3 Å². The Bertz CT molecular complexity index is 456. The van der Waals surface area contributed by atoms with Crippen LogP contribution in [0.2, 0.25) is 0 Å². The molecule has 0 spiro atoms. The Balaban J connectivity index is 1.76. The third kappa shape index (κ3) is 4.13. The molecule has 0 atom stereocenters. The number of ether oxygens (including phenoxy) is 1. The Morgan fingerprint density at radius 2 is 2.05 bits per heavy atom. The summed E-state index contributed by atoms with van der Waals surface area (Å²) < 4.78 is 5.83. The number of benzene rings is 1. The number of nitrogen functional groups attached to an aromatic ring is 1. The monoisotopic (exact) mass is 277 g/mol. The number of nitrogens with two attached hydrogens (primary N) is 2. The number of primary amides is 1. The Morgan fingerprint density at radius 1 is 1.30 bits per heavy atom. The van der Waals surface area contributed by atoms with Crippen LogP contribution in [0.15, 0.2) is 18.2 Å². The lowest BCUT2D eigenvalue weighted by molar-refractivity contribution is 0.0347. The number of rotatable bonds is 6. The fourth-order valence-corrected chi connectivity index (χ4v) is 2.53. The van der Waals surface area contributed by atoms with E-state index in [1.807, 2.05) is 6.07 Å². The Hall–Kier alpha value is -1.75. The second-order valence-corrected chi connectivity index (χ2v) is 5.22. The van der Waals surface area contributed by atoms with Gasteiger partial charge in [0.25, 0.3) is 5.91 Å². The summed E-state index contributed by atoms with van der Waals surface area (Å²) in [4.78, 5) is 11.2. The van der Waals surface area contributed by atoms with Gasteiger partial charge in [-0.15, -0.1) is 0 Å². The molecular formula is C15H23N3O2. The molecule has 0 aromatic heterocycles. The van der Waals surface area contributed by atoms with Crippen molar-refractivity contribution in [2.45, 2.75) is 38.2 Å². The van der Waals surface area contributed by atoms with Gasteiger partial charge in [0.15, 0.2) is 0 Å². The van der Waals surface area contributed by atoms with Crippen molar-refractivity contribution in [3.8, 4) is 0 Å². The smallest absolute Gasteiger partial charge is 0.250 e. The molecule has 110 valence electrons. The standard InChI is InChI=1S/C15H23N3O2/c16-14-7-6-11(10-13(14)15(17)19)18-8-9-20-12-4-2-1-3-5-12/h6-7,10,12,18H,1-5,8-9,16H2,(H2,17,19). The third-order valence-corrected chi connectivity index (χ3v) is 3.66. The average molecular weight is 277 g/mol. The minimum atomic E-state index is -0.510. The lowest BCUT2D eigenvalue weighted by atomic mass is 9.98. The summed E-state index contributed by atoms with van der Waals surface area (Å²) in [5.74, 6) is -0.510. The van der Waals surface area contributed by atoms with Crippen LogP contribution in [0, 0.1) is 0 Å². The van der Waals surface area contributed by atoms with Gasteiger partial charge in [0, 0.05) is 17.9 Å². The van der Waals surface area contributed by atoms with E-state index < -0.39 is 5.91 Å². The number of amides is 1. The average Bonchev–Trinajstić information content (AvgIpc) is 2.46. The molecule has 2 rings (SSSR count). The zero-order valence-electron chi connectivity index (χ0n) is 11.7. The molecule has 1 aromatic carbocycles. The number of nitrogens with one attached hydrogen (secondary N) is 1. The lowest BCUT2D eigenvalue weighted by Crippen LogP contribution is -2.20. The molecule has 1 aliphatic carbocycles.